The lowest BCUT2D eigenvalue weighted by molar-refractivity contribution is 0.0575. The van der Waals surface area contributed by atoms with Crippen LogP contribution in [0.2, 0.25) is 0 Å². The molecular weight excluding hydrogens is 256 g/mol. The van der Waals surface area contributed by atoms with Crippen LogP contribution in [0.1, 0.15) is 14.5 Å². The second-order valence-electron chi connectivity index (χ2n) is 3.24. The van der Waals surface area contributed by atoms with Crippen molar-refractivity contribution >= 4 is 28.8 Å². The summed E-state index contributed by atoms with van der Waals surface area (Å²) < 4.78 is 24.5. The van der Waals surface area contributed by atoms with Gasteiger partial charge in [-0.3, -0.25) is 4.79 Å². The third kappa shape index (κ3) is 3.72. The van der Waals surface area contributed by atoms with Gasteiger partial charge in [-0.15, -0.1) is 22.9 Å². The molecule has 2 nitrogen and oxygen atoms in total. The van der Waals surface area contributed by atoms with E-state index in [1.54, 1.807) is 12.1 Å². The zero-order valence-electron chi connectivity index (χ0n) is 8.75. The standard InChI is InChI=1S/C10H12ClF2NOS/c1-7-2-3-8(16-7)10(15)14(5-4-11)6-9(12)13/h2-3,9H,4-6H2,1H3. The first-order chi connectivity index (χ1) is 7.54. The van der Waals surface area contributed by atoms with Crippen LogP contribution in [0.15, 0.2) is 12.1 Å². The second kappa shape index (κ2) is 6.15. The fourth-order valence-electron chi connectivity index (χ4n) is 1.25. The minimum Gasteiger partial charge on any atom is -0.331 e. The summed E-state index contributed by atoms with van der Waals surface area (Å²) in [6, 6.07) is 3.44. The number of hydrogen-bond donors (Lipinski definition) is 0. The quantitative estimate of drug-likeness (QED) is 0.751. The molecule has 0 radical (unpaired) electrons. The molecule has 1 rings (SSSR count). The van der Waals surface area contributed by atoms with Gasteiger partial charge in [0, 0.05) is 17.3 Å². The van der Waals surface area contributed by atoms with Gasteiger partial charge in [-0.2, -0.15) is 0 Å². The molecule has 0 aromatic carbocycles. The zero-order valence-corrected chi connectivity index (χ0v) is 10.3. The highest BCUT2D eigenvalue weighted by Crippen LogP contribution is 2.17. The summed E-state index contributed by atoms with van der Waals surface area (Å²) in [6.45, 7) is 1.44. The first kappa shape index (κ1) is 13.4. The number of nitrogens with zero attached hydrogens (tertiary/aromatic N) is 1. The smallest absolute Gasteiger partial charge is 0.264 e. The van der Waals surface area contributed by atoms with Gasteiger partial charge >= 0.3 is 0 Å². The monoisotopic (exact) mass is 267 g/mol. The SMILES string of the molecule is Cc1ccc(C(=O)N(CCCl)CC(F)F)s1. The van der Waals surface area contributed by atoms with Gasteiger partial charge in [0.05, 0.1) is 11.4 Å². The molecule has 1 aromatic heterocycles. The molecule has 0 bridgehead atoms. The first-order valence-electron chi connectivity index (χ1n) is 4.74. The second-order valence-corrected chi connectivity index (χ2v) is 4.91. The summed E-state index contributed by atoms with van der Waals surface area (Å²) in [6.07, 6.45) is -2.53. The van der Waals surface area contributed by atoms with Gasteiger partial charge in [0.1, 0.15) is 0 Å². The summed E-state index contributed by atoms with van der Waals surface area (Å²) in [5, 5.41) is 0. The summed E-state index contributed by atoms with van der Waals surface area (Å²) in [4.78, 5) is 14.4. The van der Waals surface area contributed by atoms with E-state index < -0.39 is 13.0 Å². The summed E-state index contributed by atoms with van der Waals surface area (Å²) >= 11 is 6.78. The van der Waals surface area contributed by atoms with E-state index in [2.05, 4.69) is 0 Å². The van der Waals surface area contributed by atoms with Crippen LogP contribution in [0.4, 0.5) is 8.78 Å². The van der Waals surface area contributed by atoms with Crippen LogP contribution in [0, 0.1) is 6.92 Å². The van der Waals surface area contributed by atoms with Crippen molar-refractivity contribution in [2.45, 2.75) is 13.3 Å². The molecule has 0 atom stereocenters. The maximum atomic E-state index is 12.3. The Hall–Kier alpha value is -0.680. The van der Waals surface area contributed by atoms with Gasteiger partial charge in [0.2, 0.25) is 0 Å². The molecule has 1 heterocycles. The van der Waals surface area contributed by atoms with Crippen LogP contribution in [-0.2, 0) is 0 Å². The molecule has 0 aliphatic carbocycles. The number of amides is 1. The first-order valence-corrected chi connectivity index (χ1v) is 6.09. The van der Waals surface area contributed by atoms with E-state index >= 15 is 0 Å². The van der Waals surface area contributed by atoms with E-state index in [-0.39, 0.29) is 18.3 Å². The van der Waals surface area contributed by atoms with Gasteiger partial charge < -0.3 is 4.90 Å². The highest BCUT2D eigenvalue weighted by Gasteiger charge is 2.20. The van der Waals surface area contributed by atoms with Gasteiger partial charge in [0.25, 0.3) is 12.3 Å². The van der Waals surface area contributed by atoms with Crippen molar-refractivity contribution in [3.63, 3.8) is 0 Å². The van der Waals surface area contributed by atoms with Crippen LogP contribution in [0.25, 0.3) is 0 Å². The van der Waals surface area contributed by atoms with Crippen molar-refractivity contribution in [2.75, 3.05) is 19.0 Å². The van der Waals surface area contributed by atoms with Crippen LogP contribution in [-0.4, -0.2) is 36.2 Å². The van der Waals surface area contributed by atoms with Gasteiger partial charge in [-0.05, 0) is 19.1 Å². The van der Waals surface area contributed by atoms with Crippen LogP contribution in [0.5, 0.6) is 0 Å². The number of thiophene rings is 1. The topological polar surface area (TPSA) is 20.3 Å². The van der Waals surface area contributed by atoms with Gasteiger partial charge in [-0.25, -0.2) is 8.78 Å². The Kier molecular flexibility index (Phi) is 5.15. The van der Waals surface area contributed by atoms with Crippen molar-refractivity contribution in [2.24, 2.45) is 0 Å². The molecule has 0 fully saturated rings. The Labute approximate surface area is 102 Å². The molecule has 0 spiro atoms. The lowest BCUT2D eigenvalue weighted by atomic mass is 10.3. The highest BCUT2D eigenvalue weighted by molar-refractivity contribution is 7.13. The Morgan fingerprint density at radius 3 is 2.69 bits per heavy atom. The number of aryl methyl sites for hydroxylation is 1. The lowest BCUT2D eigenvalue weighted by Crippen LogP contribution is -2.36. The largest absolute Gasteiger partial charge is 0.331 e. The predicted octanol–water partition coefficient (Wildman–Crippen LogP) is 3.00. The third-order valence-electron chi connectivity index (χ3n) is 1.95. The van der Waals surface area contributed by atoms with Gasteiger partial charge in [-0.1, -0.05) is 0 Å². The Balaban J connectivity index is 2.74. The molecule has 0 unspecified atom stereocenters. The number of carbonyl (C=O) groups excluding carboxylic acids is 1. The minimum absolute atomic E-state index is 0.141. The van der Waals surface area contributed by atoms with E-state index in [0.29, 0.717) is 4.88 Å². The number of carbonyl (C=O) groups is 1. The molecule has 90 valence electrons. The van der Waals surface area contributed by atoms with Crippen LogP contribution in [0.3, 0.4) is 0 Å². The number of alkyl halides is 3. The minimum atomic E-state index is -2.53. The molecule has 0 saturated carbocycles. The van der Waals surface area contributed by atoms with E-state index in [9.17, 15) is 13.6 Å². The Morgan fingerprint density at radius 2 is 2.25 bits per heavy atom. The summed E-state index contributed by atoms with van der Waals surface area (Å²) in [7, 11) is 0. The zero-order chi connectivity index (χ0) is 12.1. The van der Waals surface area contributed by atoms with Crippen LogP contribution >= 0.6 is 22.9 Å². The molecule has 1 amide bonds. The molecular formula is C10H12ClF2NOS. The fourth-order valence-corrected chi connectivity index (χ4v) is 2.29. The number of hydrogen-bond acceptors (Lipinski definition) is 2. The molecule has 0 aliphatic rings. The average Bonchev–Trinajstić information content (AvgIpc) is 2.62. The maximum absolute atomic E-state index is 12.3. The summed E-state index contributed by atoms with van der Waals surface area (Å²) in [5.41, 5.74) is 0. The average molecular weight is 268 g/mol. The van der Waals surface area contributed by atoms with Crippen molar-refractivity contribution in [1.82, 2.24) is 4.90 Å². The van der Waals surface area contributed by atoms with Crippen LogP contribution < -0.4 is 0 Å². The molecule has 6 heteroatoms. The van der Waals surface area contributed by atoms with Crippen molar-refractivity contribution < 1.29 is 13.6 Å². The van der Waals surface area contributed by atoms with E-state index in [1.165, 1.54) is 11.3 Å². The van der Waals surface area contributed by atoms with E-state index in [0.717, 1.165) is 9.78 Å². The van der Waals surface area contributed by atoms with Crippen molar-refractivity contribution in [3.8, 4) is 0 Å². The van der Waals surface area contributed by atoms with E-state index in [1.807, 2.05) is 6.92 Å². The highest BCUT2D eigenvalue weighted by atomic mass is 35.5. The van der Waals surface area contributed by atoms with Gasteiger partial charge in [0.15, 0.2) is 0 Å². The van der Waals surface area contributed by atoms with E-state index in [4.69, 9.17) is 11.6 Å². The Bertz CT molecular complexity index is 356. The Morgan fingerprint density at radius 1 is 1.56 bits per heavy atom. The number of halogens is 3. The normalized spacial score (nSPS) is 10.8. The molecule has 16 heavy (non-hydrogen) atoms. The molecule has 0 saturated heterocycles. The third-order valence-corrected chi connectivity index (χ3v) is 3.11. The molecule has 0 N–H and O–H groups in total. The summed E-state index contributed by atoms with van der Waals surface area (Å²) in [5.74, 6) is -0.220. The molecule has 0 aliphatic heterocycles. The lowest BCUT2D eigenvalue weighted by Gasteiger charge is -2.20. The molecule has 1 aromatic rings. The number of rotatable bonds is 5. The fraction of sp³-hybridized carbons (Fsp3) is 0.500. The predicted molar refractivity (Wildman–Crippen MR) is 61.7 cm³/mol. The van der Waals surface area contributed by atoms with Crippen molar-refractivity contribution in [3.05, 3.63) is 21.9 Å². The van der Waals surface area contributed by atoms with Crippen molar-refractivity contribution in [1.29, 1.82) is 0 Å². The maximum Gasteiger partial charge on any atom is 0.264 e.